The summed E-state index contributed by atoms with van der Waals surface area (Å²) < 4.78 is 6.16. The van der Waals surface area contributed by atoms with Crippen molar-refractivity contribution in [1.29, 1.82) is 0 Å². The van der Waals surface area contributed by atoms with Crippen LogP contribution in [0, 0.1) is 7.43 Å². The maximum Gasteiger partial charge on any atom is 0.109 e. The van der Waals surface area contributed by atoms with Gasteiger partial charge in [-0.1, -0.05) is 119 Å². The third kappa shape index (κ3) is 14.8. The molecule has 0 unspecified atom stereocenters. The molecule has 32 heavy (non-hydrogen) atoms. The first-order valence-corrected chi connectivity index (χ1v) is 10.9. The van der Waals surface area contributed by atoms with Gasteiger partial charge in [0, 0.05) is 65.4 Å². The van der Waals surface area contributed by atoms with Crippen LogP contribution in [0.2, 0.25) is 0 Å². The van der Waals surface area contributed by atoms with Crippen LogP contribution in [0.4, 0.5) is 0 Å². The third-order valence-electron chi connectivity index (χ3n) is 4.22. The molecule has 0 aliphatic heterocycles. The standard InChI is InChI=1S/C23H25NO.2C2H6.CH3.2Y/c1-4-11-20(12-5-1)13-10-18-24-19-25-23(21-14-6-2-7-15-21)22-16-8-3-9-17-22;2*1-2;;;/h1-9,11-12,14-17,23-24H,10,13,18-19H2;2*1-2H3;1H3;;/q;;;-1;;. The molecular weight excluding hydrogens is 544 g/mol. The van der Waals surface area contributed by atoms with Crippen LogP contribution in [0.3, 0.4) is 0 Å². The van der Waals surface area contributed by atoms with Crippen molar-refractivity contribution in [3.63, 3.8) is 0 Å². The Hall–Kier alpha value is -0.212. The summed E-state index contributed by atoms with van der Waals surface area (Å²) in [6.07, 6.45) is 2.16. The molecular formula is C28H40NOY2-. The first-order valence-electron chi connectivity index (χ1n) is 10.9. The van der Waals surface area contributed by atoms with E-state index < -0.39 is 0 Å². The third-order valence-corrected chi connectivity index (χ3v) is 4.22. The molecule has 0 amide bonds. The molecule has 170 valence electrons. The Balaban J connectivity index is -0.00000114. The molecule has 3 aromatic carbocycles. The van der Waals surface area contributed by atoms with Crippen LogP contribution in [0.5, 0.6) is 0 Å². The van der Waals surface area contributed by atoms with Gasteiger partial charge in [-0.15, -0.1) is 0 Å². The molecule has 0 aliphatic carbocycles. The van der Waals surface area contributed by atoms with Gasteiger partial charge in [-0.05, 0) is 36.1 Å². The van der Waals surface area contributed by atoms with Crippen molar-refractivity contribution in [3.8, 4) is 0 Å². The van der Waals surface area contributed by atoms with Crippen molar-refractivity contribution in [2.75, 3.05) is 13.3 Å². The molecule has 0 aromatic heterocycles. The minimum absolute atomic E-state index is 0. The van der Waals surface area contributed by atoms with Crippen LogP contribution in [-0.2, 0) is 76.6 Å². The van der Waals surface area contributed by atoms with Gasteiger partial charge in [0.1, 0.15) is 6.10 Å². The number of benzene rings is 3. The predicted molar refractivity (Wildman–Crippen MR) is 133 cm³/mol. The maximum absolute atomic E-state index is 6.16. The molecule has 0 fully saturated rings. The average Bonchev–Trinajstić information content (AvgIpc) is 2.83. The molecule has 0 atom stereocenters. The van der Waals surface area contributed by atoms with E-state index in [1.165, 1.54) is 16.7 Å². The topological polar surface area (TPSA) is 21.3 Å². The number of ether oxygens (including phenoxy) is 1. The molecule has 0 heterocycles. The normalized spacial score (nSPS) is 8.91. The molecule has 0 bridgehead atoms. The van der Waals surface area contributed by atoms with E-state index in [1.807, 2.05) is 39.8 Å². The molecule has 1 N–H and O–H groups in total. The van der Waals surface area contributed by atoms with Gasteiger partial charge in [-0.2, -0.15) is 0 Å². The van der Waals surface area contributed by atoms with E-state index >= 15 is 0 Å². The summed E-state index contributed by atoms with van der Waals surface area (Å²) in [5.41, 5.74) is 3.75. The Morgan fingerprint density at radius 2 is 1.06 bits per heavy atom. The molecule has 0 spiro atoms. The molecule has 4 heteroatoms. The Bertz CT molecular complexity index is 685. The molecule has 0 saturated heterocycles. The minimum atomic E-state index is -0.0379. The summed E-state index contributed by atoms with van der Waals surface area (Å²) in [7, 11) is 0. The largest absolute Gasteiger partial charge is 0.358 e. The van der Waals surface area contributed by atoms with Gasteiger partial charge in [-0.25, -0.2) is 0 Å². The van der Waals surface area contributed by atoms with E-state index in [1.54, 1.807) is 0 Å². The predicted octanol–water partition coefficient (Wildman–Crippen LogP) is 7.47. The Kier molecular flexibility index (Phi) is 28.9. The summed E-state index contributed by atoms with van der Waals surface area (Å²) in [5.74, 6) is 0. The second kappa shape index (κ2) is 25.4. The smallest absolute Gasteiger partial charge is 0.109 e. The van der Waals surface area contributed by atoms with Crippen LogP contribution in [-0.4, -0.2) is 13.3 Å². The zero-order valence-corrected chi connectivity index (χ0v) is 26.3. The van der Waals surface area contributed by atoms with Crippen molar-refractivity contribution < 1.29 is 70.2 Å². The molecule has 2 nitrogen and oxygen atoms in total. The van der Waals surface area contributed by atoms with E-state index in [4.69, 9.17) is 4.74 Å². The van der Waals surface area contributed by atoms with Crippen molar-refractivity contribution in [3.05, 3.63) is 115 Å². The summed E-state index contributed by atoms with van der Waals surface area (Å²) >= 11 is 0. The van der Waals surface area contributed by atoms with E-state index in [0.29, 0.717) is 6.73 Å². The molecule has 0 aliphatic rings. The summed E-state index contributed by atoms with van der Waals surface area (Å²) in [6, 6.07) is 31.4. The number of hydrogen-bond donors (Lipinski definition) is 1. The molecule has 3 aromatic rings. The monoisotopic (exact) mass is 584 g/mol. The summed E-state index contributed by atoms with van der Waals surface area (Å²) in [5, 5.41) is 3.40. The Morgan fingerprint density at radius 1 is 0.656 bits per heavy atom. The Labute approximate surface area is 248 Å². The quantitative estimate of drug-likeness (QED) is 0.160. The second-order valence-electron chi connectivity index (χ2n) is 6.10. The van der Waals surface area contributed by atoms with Gasteiger partial charge in [0.2, 0.25) is 0 Å². The van der Waals surface area contributed by atoms with Crippen LogP contribution >= 0.6 is 0 Å². The van der Waals surface area contributed by atoms with Crippen molar-refractivity contribution in [2.45, 2.75) is 46.6 Å². The SMILES string of the molecule is CC.CC.[CH3-].[Y].[Y].c1ccc(CCCNCOC(c2ccccc2)c2ccccc2)cc1. The zero-order chi connectivity index (χ0) is 21.2. The molecule has 0 saturated carbocycles. The fraction of sp³-hybridized carbons (Fsp3) is 0.321. The minimum Gasteiger partial charge on any atom is -0.358 e. The number of hydrogen-bond acceptors (Lipinski definition) is 2. The molecule has 3 rings (SSSR count). The first-order chi connectivity index (χ1) is 14.4. The summed E-state index contributed by atoms with van der Waals surface area (Å²) in [4.78, 5) is 0. The van der Waals surface area contributed by atoms with Gasteiger partial charge in [0.25, 0.3) is 0 Å². The van der Waals surface area contributed by atoms with E-state index in [-0.39, 0.29) is 78.9 Å². The van der Waals surface area contributed by atoms with Gasteiger partial charge in [0.15, 0.2) is 0 Å². The van der Waals surface area contributed by atoms with Crippen LogP contribution in [0.1, 0.15) is 56.9 Å². The van der Waals surface area contributed by atoms with Crippen molar-refractivity contribution in [1.82, 2.24) is 5.32 Å². The fourth-order valence-electron chi connectivity index (χ4n) is 2.92. The van der Waals surface area contributed by atoms with Gasteiger partial charge in [-0.3, -0.25) is 5.32 Å². The van der Waals surface area contributed by atoms with Crippen molar-refractivity contribution >= 4 is 0 Å². The van der Waals surface area contributed by atoms with E-state index in [9.17, 15) is 0 Å². The van der Waals surface area contributed by atoms with Crippen LogP contribution < -0.4 is 5.32 Å². The number of nitrogens with one attached hydrogen (secondary N) is 1. The van der Waals surface area contributed by atoms with Gasteiger partial charge >= 0.3 is 0 Å². The molecule has 2 radical (unpaired) electrons. The summed E-state index contributed by atoms with van der Waals surface area (Å²) in [6.45, 7) is 9.49. The number of rotatable bonds is 9. The van der Waals surface area contributed by atoms with E-state index in [2.05, 4.69) is 84.2 Å². The van der Waals surface area contributed by atoms with Gasteiger partial charge in [0.05, 0.1) is 6.73 Å². The second-order valence-corrected chi connectivity index (χ2v) is 6.10. The van der Waals surface area contributed by atoms with Crippen molar-refractivity contribution in [2.24, 2.45) is 0 Å². The van der Waals surface area contributed by atoms with Crippen LogP contribution in [0.25, 0.3) is 0 Å². The zero-order valence-electron chi connectivity index (χ0n) is 20.6. The average molecular weight is 584 g/mol. The number of aryl methyl sites for hydroxylation is 1. The maximum atomic E-state index is 6.16. The Morgan fingerprint density at radius 3 is 1.50 bits per heavy atom. The first kappa shape index (κ1) is 36.4. The van der Waals surface area contributed by atoms with Gasteiger partial charge < -0.3 is 12.2 Å². The fourth-order valence-corrected chi connectivity index (χ4v) is 2.92. The van der Waals surface area contributed by atoms with Crippen LogP contribution in [0.15, 0.2) is 91.0 Å². The van der Waals surface area contributed by atoms with E-state index in [0.717, 1.165) is 19.4 Å².